The second-order valence-corrected chi connectivity index (χ2v) is 6.78. The summed E-state index contributed by atoms with van der Waals surface area (Å²) in [5.41, 5.74) is 3.97. The Balaban J connectivity index is 1.31. The topological polar surface area (TPSA) is 101 Å². The lowest BCUT2D eigenvalue weighted by atomic mass is 10.1. The normalized spacial score (nSPS) is 12.8. The molecule has 1 aliphatic heterocycles. The molecule has 0 aliphatic carbocycles. The SMILES string of the molecule is Cc1[nH]ncc1CCCNC(=O)Nc1cccc(-c2nnc3n2CCC3)c1. The van der Waals surface area contributed by atoms with Gasteiger partial charge in [0.1, 0.15) is 5.82 Å². The van der Waals surface area contributed by atoms with Crippen LogP contribution in [0, 0.1) is 6.92 Å². The van der Waals surface area contributed by atoms with Crippen molar-refractivity contribution in [2.75, 3.05) is 11.9 Å². The number of hydrogen-bond acceptors (Lipinski definition) is 4. The lowest BCUT2D eigenvalue weighted by molar-refractivity contribution is 0.252. The quantitative estimate of drug-likeness (QED) is 0.585. The zero-order valence-electron chi connectivity index (χ0n) is 15.3. The first-order chi connectivity index (χ1) is 13.2. The van der Waals surface area contributed by atoms with Crippen LogP contribution in [-0.2, 0) is 19.4 Å². The number of aromatic amines is 1. The Morgan fingerprint density at radius 3 is 3.11 bits per heavy atom. The average Bonchev–Trinajstić information content (AvgIpc) is 3.36. The zero-order chi connectivity index (χ0) is 18.6. The molecule has 0 spiro atoms. The van der Waals surface area contributed by atoms with E-state index < -0.39 is 0 Å². The molecule has 0 atom stereocenters. The summed E-state index contributed by atoms with van der Waals surface area (Å²) in [7, 11) is 0. The number of nitrogens with zero attached hydrogens (tertiary/aromatic N) is 4. The number of aromatic nitrogens is 5. The smallest absolute Gasteiger partial charge is 0.319 e. The molecule has 1 aromatic carbocycles. The molecule has 8 nitrogen and oxygen atoms in total. The highest BCUT2D eigenvalue weighted by Crippen LogP contribution is 2.25. The zero-order valence-corrected chi connectivity index (χ0v) is 15.3. The van der Waals surface area contributed by atoms with Crippen molar-refractivity contribution in [2.24, 2.45) is 0 Å². The molecule has 0 saturated carbocycles. The maximum Gasteiger partial charge on any atom is 0.319 e. The second-order valence-electron chi connectivity index (χ2n) is 6.78. The Bertz CT molecular complexity index is 943. The third-order valence-corrected chi connectivity index (χ3v) is 4.83. The van der Waals surface area contributed by atoms with Crippen molar-refractivity contribution in [3.05, 3.63) is 47.5 Å². The van der Waals surface area contributed by atoms with E-state index in [-0.39, 0.29) is 6.03 Å². The van der Waals surface area contributed by atoms with Crippen molar-refractivity contribution in [3.63, 3.8) is 0 Å². The van der Waals surface area contributed by atoms with E-state index in [9.17, 15) is 4.79 Å². The van der Waals surface area contributed by atoms with Crippen LogP contribution in [-0.4, -0.2) is 37.5 Å². The minimum atomic E-state index is -0.206. The molecule has 0 fully saturated rings. The van der Waals surface area contributed by atoms with Crippen molar-refractivity contribution >= 4 is 11.7 Å². The Morgan fingerprint density at radius 1 is 1.33 bits per heavy atom. The van der Waals surface area contributed by atoms with E-state index in [0.29, 0.717) is 6.54 Å². The maximum atomic E-state index is 12.2. The predicted octanol–water partition coefficient (Wildman–Crippen LogP) is 2.68. The fourth-order valence-electron chi connectivity index (χ4n) is 3.38. The molecule has 3 heterocycles. The fraction of sp³-hybridized carbons (Fsp3) is 0.368. The van der Waals surface area contributed by atoms with E-state index in [4.69, 9.17) is 0 Å². The largest absolute Gasteiger partial charge is 0.338 e. The second kappa shape index (κ2) is 7.61. The highest BCUT2D eigenvalue weighted by Gasteiger charge is 2.18. The van der Waals surface area contributed by atoms with Gasteiger partial charge in [0.2, 0.25) is 0 Å². The Morgan fingerprint density at radius 2 is 2.26 bits per heavy atom. The lowest BCUT2D eigenvalue weighted by Gasteiger charge is -2.09. The van der Waals surface area contributed by atoms with Crippen molar-refractivity contribution < 1.29 is 4.79 Å². The van der Waals surface area contributed by atoms with Crippen molar-refractivity contribution in [1.82, 2.24) is 30.3 Å². The minimum Gasteiger partial charge on any atom is -0.338 e. The van der Waals surface area contributed by atoms with Gasteiger partial charge >= 0.3 is 6.03 Å². The number of hydrogen-bond donors (Lipinski definition) is 3. The van der Waals surface area contributed by atoms with Crippen LogP contribution < -0.4 is 10.6 Å². The molecular formula is C19H23N7O. The van der Waals surface area contributed by atoms with Crippen LogP contribution in [0.5, 0.6) is 0 Å². The molecular weight excluding hydrogens is 342 g/mol. The molecule has 8 heteroatoms. The van der Waals surface area contributed by atoms with Gasteiger partial charge in [-0.15, -0.1) is 10.2 Å². The number of anilines is 1. The molecule has 0 radical (unpaired) electrons. The van der Waals surface area contributed by atoms with Crippen LogP contribution >= 0.6 is 0 Å². The summed E-state index contributed by atoms with van der Waals surface area (Å²) in [6, 6.07) is 7.51. The highest BCUT2D eigenvalue weighted by atomic mass is 16.2. The van der Waals surface area contributed by atoms with Gasteiger partial charge in [-0.2, -0.15) is 5.10 Å². The third kappa shape index (κ3) is 3.84. The molecule has 2 amide bonds. The number of carbonyl (C=O) groups is 1. The van der Waals surface area contributed by atoms with Crippen LogP contribution in [0.1, 0.15) is 29.9 Å². The fourth-order valence-corrected chi connectivity index (χ4v) is 3.38. The number of aryl methyl sites for hydroxylation is 3. The number of rotatable bonds is 6. The van der Waals surface area contributed by atoms with Crippen molar-refractivity contribution in [3.8, 4) is 11.4 Å². The standard InChI is InChI=1S/C19H23N7O/c1-13-15(12-21-23-13)6-3-9-20-19(27)22-16-7-2-5-14(11-16)18-25-24-17-8-4-10-26(17)18/h2,5,7,11-12H,3-4,6,8-10H2,1H3,(H,21,23)(H2,20,22,27). The maximum absolute atomic E-state index is 12.2. The van der Waals surface area contributed by atoms with Gasteiger partial charge < -0.3 is 15.2 Å². The Hall–Kier alpha value is -3.16. The van der Waals surface area contributed by atoms with Crippen molar-refractivity contribution in [1.29, 1.82) is 0 Å². The van der Waals surface area contributed by atoms with Crippen LogP contribution in [0.25, 0.3) is 11.4 Å². The summed E-state index contributed by atoms with van der Waals surface area (Å²) in [6.45, 7) is 3.56. The molecule has 0 bridgehead atoms. The number of urea groups is 1. The minimum absolute atomic E-state index is 0.206. The summed E-state index contributed by atoms with van der Waals surface area (Å²) >= 11 is 0. The van der Waals surface area contributed by atoms with Crippen LogP contribution in [0.3, 0.4) is 0 Å². The lowest BCUT2D eigenvalue weighted by Crippen LogP contribution is -2.29. The third-order valence-electron chi connectivity index (χ3n) is 4.83. The number of amides is 2. The van der Waals surface area contributed by atoms with E-state index >= 15 is 0 Å². The molecule has 140 valence electrons. The molecule has 0 unspecified atom stereocenters. The van der Waals surface area contributed by atoms with Crippen LogP contribution in [0.2, 0.25) is 0 Å². The van der Waals surface area contributed by atoms with E-state index in [2.05, 4.69) is 35.6 Å². The summed E-state index contributed by atoms with van der Waals surface area (Å²) in [5, 5.41) is 21.3. The first-order valence-electron chi connectivity index (χ1n) is 9.27. The number of H-pyrrole nitrogens is 1. The van der Waals surface area contributed by atoms with Gasteiger partial charge in [0.15, 0.2) is 5.82 Å². The van der Waals surface area contributed by atoms with Gasteiger partial charge in [0.25, 0.3) is 0 Å². The Labute approximate surface area is 157 Å². The van der Waals surface area contributed by atoms with Crippen molar-refractivity contribution in [2.45, 2.75) is 39.2 Å². The number of nitrogens with one attached hydrogen (secondary N) is 3. The molecule has 4 rings (SSSR count). The molecule has 3 N–H and O–H groups in total. The van der Waals surface area contributed by atoms with Gasteiger partial charge in [0.05, 0.1) is 6.20 Å². The summed E-state index contributed by atoms with van der Waals surface area (Å²) in [5.74, 6) is 1.90. The molecule has 27 heavy (non-hydrogen) atoms. The average molecular weight is 365 g/mol. The molecule has 1 aliphatic rings. The van der Waals surface area contributed by atoms with E-state index in [0.717, 1.165) is 60.8 Å². The number of benzene rings is 1. The summed E-state index contributed by atoms with van der Waals surface area (Å²) < 4.78 is 2.15. The van der Waals surface area contributed by atoms with Gasteiger partial charge in [0, 0.05) is 36.5 Å². The van der Waals surface area contributed by atoms with Gasteiger partial charge in [-0.25, -0.2) is 4.79 Å². The van der Waals surface area contributed by atoms with Crippen LogP contribution in [0.15, 0.2) is 30.5 Å². The highest BCUT2D eigenvalue weighted by molar-refractivity contribution is 5.89. The van der Waals surface area contributed by atoms with E-state index in [1.807, 2.05) is 37.4 Å². The van der Waals surface area contributed by atoms with Gasteiger partial charge in [-0.3, -0.25) is 5.10 Å². The summed E-state index contributed by atoms with van der Waals surface area (Å²) in [6.07, 6.45) is 5.67. The van der Waals surface area contributed by atoms with Gasteiger partial charge in [-0.05, 0) is 43.9 Å². The van der Waals surface area contributed by atoms with E-state index in [1.54, 1.807) is 0 Å². The molecule has 2 aromatic heterocycles. The Kier molecular flexibility index (Phi) is 4.86. The monoisotopic (exact) mass is 365 g/mol. The van der Waals surface area contributed by atoms with E-state index in [1.165, 1.54) is 5.56 Å². The number of carbonyl (C=O) groups excluding carboxylic acids is 1. The van der Waals surface area contributed by atoms with Crippen LogP contribution in [0.4, 0.5) is 10.5 Å². The first kappa shape index (κ1) is 17.3. The number of fused-ring (bicyclic) bond motifs is 1. The molecule has 0 saturated heterocycles. The summed E-state index contributed by atoms with van der Waals surface area (Å²) in [4.78, 5) is 12.2. The molecule has 3 aromatic rings. The van der Waals surface area contributed by atoms with Gasteiger partial charge in [-0.1, -0.05) is 12.1 Å². The first-order valence-corrected chi connectivity index (χ1v) is 9.27. The predicted molar refractivity (Wildman–Crippen MR) is 102 cm³/mol.